The molecule has 1 saturated heterocycles. The zero-order chi connectivity index (χ0) is 17.8. The predicted octanol–water partition coefficient (Wildman–Crippen LogP) is 1.34. The van der Waals surface area contributed by atoms with Crippen LogP contribution in [0.5, 0.6) is 0 Å². The summed E-state index contributed by atoms with van der Waals surface area (Å²) in [5.41, 5.74) is 4.96. The number of aliphatic carboxylic acids is 1. The standard InChI is InChI=1S/C15H30BIN2O4/c1-11(6-7-14(2,3)17)19-9-12(5-4-8-16(22)23)15(18,10-19)13(20)21/h11-12,22-23H,4-10,18H2,1-3H3,(H,20,21)/t11?,12?,15-/m0/s1. The lowest BCUT2D eigenvalue weighted by Gasteiger charge is -2.28. The molecule has 0 radical (unpaired) electrons. The van der Waals surface area contributed by atoms with Gasteiger partial charge in [0.2, 0.25) is 0 Å². The third-order valence-electron chi connectivity index (χ3n) is 4.84. The topological polar surface area (TPSA) is 107 Å². The van der Waals surface area contributed by atoms with Crippen molar-refractivity contribution in [3.8, 4) is 0 Å². The molecule has 2 unspecified atom stereocenters. The van der Waals surface area contributed by atoms with E-state index in [-0.39, 0.29) is 15.7 Å². The molecule has 0 aromatic rings. The van der Waals surface area contributed by atoms with Gasteiger partial charge in [-0.05, 0) is 32.5 Å². The zero-order valence-corrected chi connectivity index (χ0v) is 16.5. The van der Waals surface area contributed by atoms with Gasteiger partial charge in [0.05, 0.1) is 0 Å². The highest BCUT2D eigenvalue weighted by Gasteiger charge is 2.50. The molecule has 0 aromatic heterocycles. The molecule has 6 nitrogen and oxygen atoms in total. The van der Waals surface area contributed by atoms with E-state index in [1.165, 1.54) is 0 Å². The number of likely N-dealkylation sites (tertiary alicyclic amines) is 1. The molecule has 0 spiro atoms. The molecule has 8 heteroatoms. The number of hydrogen-bond acceptors (Lipinski definition) is 5. The second-order valence-corrected chi connectivity index (χ2v) is 10.4. The van der Waals surface area contributed by atoms with Crippen molar-refractivity contribution >= 4 is 35.7 Å². The van der Waals surface area contributed by atoms with E-state index in [2.05, 4.69) is 48.3 Å². The molecule has 0 amide bonds. The van der Waals surface area contributed by atoms with Crippen molar-refractivity contribution in [1.29, 1.82) is 0 Å². The Kier molecular flexibility index (Phi) is 7.78. The van der Waals surface area contributed by atoms with Crippen LogP contribution in [-0.2, 0) is 4.79 Å². The Morgan fingerprint density at radius 2 is 2.13 bits per heavy atom. The lowest BCUT2D eigenvalue weighted by atomic mass is 9.78. The normalized spacial score (nSPS) is 27.2. The van der Waals surface area contributed by atoms with Gasteiger partial charge in [-0.15, -0.1) is 0 Å². The predicted molar refractivity (Wildman–Crippen MR) is 101 cm³/mol. The van der Waals surface area contributed by atoms with Gasteiger partial charge in [0, 0.05) is 28.5 Å². The Morgan fingerprint density at radius 3 is 2.61 bits per heavy atom. The van der Waals surface area contributed by atoms with Crippen molar-refractivity contribution in [3.05, 3.63) is 0 Å². The van der Waals surface area contributed by atoms with Crippen LogP contribution in [0.4, 0.5) is 0 Å². The number of nitrogens with zero attached hydrogens (tertiary/aromatic N) is 1. The van der Waals surface area contributed by atoms with E-state index in [4.69, 9.17) is 15.8 Å². The molecule has 23 heavy (non-hydrogen) atoms. The SMILES string of the molecule is CC(CCC(C)(C)I)N1CC(CCCB(O)O)[C@](N)(C(=O)O)C1. The number of hydrogen-bond donors (Lipinski definition) is 4. The van der Waals surface area contributed by atoms with Crippen molar-refractivity contribution in [3.63, 3.8) is 0 Å². The van der Waals surface area contributed by atoms with Crippen LogP contribution in [0, 0.1) is 5.92 Å². The minimum atomic E-state index is -1.34. The third-order valence-corrected chi connectivity index (χ3v) is 5.38. The highest BCUT2D eigenvalue weighted by molar-refractivity contribution is 14.1. The molecule has 0 saturated carbocycles. The summed E-state index contributed by atoms with van der Waals surface area (Å²) in [4.78, 5) is 13.8. The number of carbonyl (C=O) groups is 1. The first kappa shape index (κ1) is 21.1. The summed E-state index contributed by atoms with van der Waals surface area (Å²) >= 11 is 2.43. The Morgan fingerprint density at radius 1 is 1.52 bits per heavy atom. The van der Waals surface area contributed by atoms with Gasteiger partial charge in [0.15, 0.2) is 0 Å². The summed E-state index contributed by atoms with van der Waals surface area (Å²) in [5, 5.41) is 27.5. The van der Waals surface area contributed by atoms with Crippen molar-refractivity contribution in [2.75, 3.05) is 13.1 Å². The highest BCUT2D eigenvalue weighted by Crippen LogP contribution is 2.33. The molecule has 1 aliphatic heterocycles. The van der Waals surface area contributed by atoms with Crippen LogP contribution in [-0.4, -0.2) is 61.2 Å². The fourth-order valence-electron chi connectivity index (χ4n) is 3.18. The first-order chi connectivity index (χ1) is 10.5. The largest absolute Gasteiger partial charge is 0.480 e. The molecule has 3 atom stereocenters. The first-order valence-corrected chi connectivity index (χ1v) is 9.35. The third kappa shape index (κ3) is 6.49. The summed E-state index contributed by atoms with van der Waals surface area (Å²) < 4.78 is 0.231. The van der Waals surface area contributed by atoms with Crippen LogP contribution in [0.2, 0.25) is 6.32 Å². The second-order valence-electron chi connectivity index (χ2n) is 7.49. The average Bonchev–Trinajstić information content (AvgIpc) is 2.74. The first-order valence-electron chi connectivity index (χ1n) is 8.27. The zero-order valence-electron chi connectivity index (χ0n) is 14.3. The van der Waals surface area contributed by atoms with E-state index >= 15 is 0 Å². The molecule has 1 rings (SSSR count). The van der Waals surface area contributed by atoms with Gasteiger partial charge >= 0.3 is 13.1 Å². The van der Waals surface area contributed by atoms with Crippen LogP contribution in [0.1, 0.15) is 46.5 Å². The summed E-state index contributed by atoms with van der Waals surface area (Å²) in [5.74, 6) is -1.12. The molecule has 5 N–H and O–H groups in total. The van der Waals surface area contributed by atoms with Gasteiger partial charge in [-0.1, -0.05) is 42.9 Å². The Bertz CT molecular complexity index is 405. The summed E-state index contributed by atoms with van der Waals surface area (Å²) in [6.45, 7) is 7.53. The Labute approximate surface area is 153 Å². The molecule has 0 bridgehead atoms. The van der Waals surface area contributed by atoms with E-state index < -0.39 is 18.6 Å². The van der Waals surface area contributed by atoms with Gasteiger partial charge in [-0.3, -0.25) is 9.69 Å². The molecule has 1 fully saturated rings. The van der Waals surface area contributed by atoms with Crippen molar-refractivity contribution in [2.45, 2.75) is 67.8 Å². The molecule has 0 aliphatic carbocycles. The van der Waals surface area contributed by atoms with Gasteiger partial charge < -0.3 is 20.9 Å². The van der Waals surface area contributed by atoms with Crippen molar-refractivity contribution < 1.29 is 19.9 Å². The van der Waals surface area contributed by atoms with Crippen LogP contribution in [0.3, 0.4) is 0 Å². The maximum absolute atomic E-state index is 11.7. The molecule has 0 aromatic carbocycles. The van der Waals surface area contributed by atoms with E-state index in [1.807, 2.05) is 0 Å². The van der Waals surface area contributed by atoms with Crippen LogP contribution < -0.4 is 5.73 Å². The minimum absolute atomic E-state index is 0.159. The molecular weight excluding hydrogens is 410 g/mol. The summed E-state index contributed by atoms with van der Waals surface area (Å²) in [7, 11) is -1.34. The van der Waals surface area contributed by atoms with Crippen LogP contribution in [0.15, 0.2) is 0 Å². The van der Waals surface area contributed by atoms with Gasteiger partial charge in [0.1, 0.15) is 5.54 Å². The smallest absolute Gasteiger partial charge is 0.451 e. The lowest BCUT2D eigenvalue weighted by molar-refractivity contribution is -0.144. The molecule has 134 valence electrons. The quantitative estimate of drug-likeness (QED) is 0.245. The molecular formula is C15H30BIN2O4. The van der Waals surface area contributed by atoms with E-state index in [9.17, 15) is 9.90 Å². The monoisotopic (exact) mass is 440 g/mol. The number of carboxylic acids is 1. The molecule has 1 heterocycles. The van der Waals surface area contributed by atoms with Crippen molar-refractivity contribution in [1.82, 2.24) is 4.90 Å². The number of alkyl halides is 1. The molecule has 1 aliphatic rings. The maximum atomic E-state index is 11.7. The van der Waals surface area contributed by atoms with Gasteiger partial charge in [-0.25, -0.2) is 0 Å². The Balaban J connectivity index is 2.66. The number of rotatable bonds is 9. The number of halogens is 1. The minimum Gasteiger partial charge on any atom is -0.480 e. The van der Waals surface area contributed by atoms with Gasteiger partial charge in [-0.2, -0.15) is 0 Å². The van der Waals surface area contributed by atoms with Gasteiger partial charge in [0.25, 0.3) is 0 Å². The summed E-state index contributed by atoms with van der Waals surface area (Å²) in [6.07, 6.45) is 3.49. The fraction of sp³-hybridized carbons (Fsp3) is 0.933. The van der Waals surface area contributed by atoms with E-state index in [1.54, 1.807) is 0 Å². The van der Waals surface area contributed by atoms with Crippen LogP contribution >= 0.6 is 22.6 Å². The highest BCUT2D eigenvalue weighted by atomic mass is 127. The number of carboxylic acid groups (broad SMARTS) is 1. The Hall–Kier alpha value is 0.105. The van der Waals surface area contributed by atoms with Crippen molar-refractivity contribution in [2.24, 2.45) is 11.7 Å². The van der Waals surface area contributed by atoms with Crippen LogP contribution in [0.25, 0.3) is 0 Å². The maximum Gasteiger partial charge on any atom is 0.451 e. The summed E-state index contributed by atoms with van der Waals surface area (Å²) in [6, 6.07) is 0.291. The average molecular weight is 440 g/mol. The number of nitrogens with two attached hydrogens (primary N) is 1. The fourth-order valence-corrected chi connectivity index (χ4v) is 3.50. The van der Waals surface area contributed by atoms with E-state index in [0.29, 0.717) is 32.0 Å². The lowest BCUT2D eigenvalue weighted by Crippen LogP contribution is -2.55. The second kappa shape index (κ2) is 8.46. The van der Waals surface area contributed by atoms with E-state index in [0.717, 1.165) is 12.8 Å².